The zero-order valence-corrected chi connectivity index (χ0v) is 18.9. The van der Waals surface area contributed by atoms with Gasteiger partial charge >= 0.3 is 0 Å². The SMILES string of the molecule is CO[C@H]1C[C@@H](NC(=O)[C@H]2C3CC4CC2C[C@](c2ccc(OC/C(=C/F)CN)cc2)(C4)C3)C1. The lowest BCUT2D eigenvalue weighted by Gasteiger charge is -2.60. The fourth-order valence-electron chi connectivity index (χ4n) is 7.20. The monoisotopic (exact) mass is 442 g/mol. The molecule has 6 rings (SSSR count). The van der Waals surface area contributed by atoms with Gasteiger partial charge in [-0.05, 0) is 85.8 Å². The van der Waals surface area contributed by atoms with Gasteiger partial charge in [-0.15, -0.1) is 0 Å². The van der Waals surface area contributed by atoms with E-state index in [2.05, 4.69) is 17.4 Å². The van der Waals surface area contributed by atoms with E-state index in [-0.39, 0.29) is 36.4 Å². The molecule has 0 radical (unpaired) electrons. The van der Waals surface area contributed by atoms with Crippen LogP contribution in [0, 0.1) is 23.7 Å². The van der Waals surface area contributed by atoms with E-state index in [1.807, 2.05) is 12.1 Å². The van der Waals surface area contributed by atoms with Crippen molar-refractivity contribution < 1.29 is 18.7 Å². The van der Waals surface area contributed by atoms with E-state index in [0.717, 1.165) is 37.4 Å². The molecule has 0 aliphatic heterocycles. The molecular weight excluding hydrogens is 407 g/mol. The molecule has 4 bridgehead atoms. The van der Waals surface area contributed by atoms with Crippen molar-refractivity contribution in [3.63, 3.8) is 0 Å². The van der Waals surface area contributed by atoms with E-state index >= 15 is 0 Å². The Bertz CT molecular complexity index is 848. The molecule has 174 valence electrons. The van der Waals surface area contributed by atoms with Crippen LogP contribution in [0.15, 0.2) is 36.2 Å². The number of nitrogens with one attached hydrogen (secondary N) is 1. The Hall–Kier alpha value is -1.92. The Morgan fingerprint density at radius 1 is 1.16 bits per heavy atom. The number of ether oxygens (including phenoxy) is 2. The second-order valence-corrected chi connectivity index (χ2v) is 10.6. The van der Waals surface area contributed by atoms with Crippen LogP contribution in [0.4, 0.5) is 4.39 Å². The average molecular weight is 443 g/mol. The summed E-state index contributed by atoms with van der Waals surface area (Å²) < 4.78 is 23.8. The van der Waals surface area contributed by atoms with Gasteiger partial charge < -0.3 is 20.5 Å². The third-order valence-electron chi connectivity index (χ3n) is 8.66. The van der Waals surface area contributed by atoms with Gasteiger partial charge in [0.25, 0.3) is 0 Å². The molecule has 0 spiro atoms. The van der Waals surface area contributed by atoms with E-state index in [4.69, 9.17) is 15.2 Å². The molecule has 5 aliphatic carbocycles. The highest BCUT2D eigenvalue weighted by Gasteiger charge is 2.57. The number of nitrogens with two attached hydrogens (primary N) is 1. The number of amides is 1. The second-order valence-electron chi connectivity index (χ2n) is 10.6. The van der Waals surface area contributed by atoms with Crippen LogP contribution in [-0.4, -0.2) is 38.3 Å². The summed E-state index contributed by atoms with van der Waals surface area (Å²) in [5.74, 6) is 2.89. The number of rotatable bonds is 8. The van der Waals surface area contributed by atoms with Crippen LogP contribution in [0.3, 0.4) is 0 Å². The quantitative estimate of drug-likeness (QED) is 0.641. The molecule has 32 heavy (non-hydrogen) atoms. The minimum absolute atomic E-state index is 0.157. The molecule has 0 saturated heterocycles. The molecule has 1 aromatic rings. The van der Waals surface area contributed by atoms with Gasteiger partial charge in [-0.1, -0.05) is 12.1 Å². The lowest BCUT2D eigenvalue weighted by atomic mass is 9.44. The fraction of sp³-hybridized carbons (Fsp3) is 0.654. The van der Waals surface area contributed by atoms with Crippen molar-refractivity contribution in [3.05, 3.63) is 41.7 Å². The van der Waals surface area contributed by atoms with Crippen LogP contribution >= 0.6 is 0 Å². The number of carbonyl (C=O) groups excluding carboxylic acids is 1. The molecule has 0 aromatic heterocycles. The van der Waals surface area contributed by atoms with E-state index < -0.39 is 0 Å². The molecule has 5 nitrogen and oxygen atoms in total. The van der Waals surface area contributed by atoms with Crippen molar-refractivity contribution in [2.75, 3.05) is 20.3 Å². The first-order valence-corrected chi connectivity index (χ1v) is 12.1. The van der Waals surface area contributed by atoms with Crippen LogP contribution in [0.5, 0.6) is 5.75 Å². The molecule has 5 saturated carbocycles. The first-order valence-electron chi connectivity index (χ1n) is 12.1. The molecule has 1 amide bonds. The van der Waals surface area contributed by atoms with Crippen LogP contribution in [0.25, 0.3) is 0 Å². The van der Waals surface area contributed by atoms with Gasteiger partial charge in [-0.3, -0.25) is 4.79 Å². The third-order valence-corrected chi connectivity index (χ3v) is 8.66. The summed E-state index contributed by atoms with van der Waals surface area (Å²) in [6, 6.07) is 8.63. The molecule has 2 atom stereocenters. The first-order chi connectivity index (χ1) is 15.5. The first kappa shape index (κ1) is 21.9. The molecule has 6 heteroatoms. The minimum Gasteiger partial charge on any atom is -0.489 e. The Morgan fingerprint density at radius 3 is 2.44 bits per heavy atom. The second kappa shape index (κ2) is 8.79. The Morgan fingerprint density at radius 2 is 1.84 bits per heavy atom. The van der Waals surface area contributed by atoms with Crippen LogP contribution in [0.1, 0.15) is 50.5 Å². The van der Waals surface area contributed by atoms with Crippen molar-refractivity contribution in [2.24, 2.45) is 29.4 Å². The van der Waals surface area contributed by atoms with Crippen molar-refractivity contribution >= 4 is 5.91 Å². The molecule has 0 heterocycles. The standard InChI is InChI=1S/C26H35FN2O3/c1-31-23-8-21(9-23)29-25(30)24-18-6-16-7-19(24)12-26(10-16,11-18)20-2-4-22(5-3-20)32-15-17(13-27)14-28/h2-5,13,16,18-19,21,23-24H,6-12,14-15,28H2,1H3,(H,29,30)/b17-13+/t16?,18?,19?,21-,23+,24-,26-. The molecule has 1 aromatic carbocycles. The number of hydrogen-bond acceptors (Lipinski definition) is 4. The summed E-state index contributed by atoms with van der Waals surface area (Å²) in [7, 11) is 1.75. The van der Waals surface area contributed by atoms with Gasteiger partial charge in [0.2, 0.25) is 5.91 Å². The third kappa shape index (κ3) is 3.96. The maximum atomic E-state index is 13.2. The molecule has 5 fully saturated rings. The van der Waals surface area contributed by atoms with Gasteiger partial charge in [-0.25, -0.2) is 4.39 Å². The maximum Gasteiger partial charge on any atom is 0.223 e. The summed E-state index contributed by atoms with van der Waals surface area (Å²) in [5, 5.41) is 3.33. The predicted molar refractivity (Wildman–Crippen MR) is 121 cm³/mol. The summed E-state index contributed by atoms with van der Waals surface area (Å²) >= 11 is 0. The molecule has 5 aliphatic rings. The zero-order chi connectivity index (χ0) is 22.3. The number of halogens is 1. The summed E-state index contributed by atoms with van der Waals surface area (Å²) in [6.07, 6.45) is 8.55. The van der Waals surface area contributed by atoms with E-state index in [0.29, 0.717) is 29.8 Å². The highest BCUT2D eigenvalue weighted by Crippen LogP contribution is 2.63. The Kier molecular flexibility index (Phi) is 6.01. The van der Waals surface area contributed by atoms with Crippen molar-refractivity contribution in [1.82, 2.24) is 5.32 Å². The van der Waals surface area contributed by atoms with E-state index in [9.17, 15) is 9.18 Å². The summed E-state index contributed by atoms with van der Waals surface area (Å²) in [6.45, 7) is 0.330. The largest absolute Gasteiger partial charge is 0.489 e. The highest BCUT2D eigenvalue weighted by atomic mass is 19.1. The van der Waals surface area contributed by atoms with Crippen LogP contribution in [-0.2, 0) is 14.9 Å². The summed E-state index contributed by atoms with van der Waals surface area (Å²) in [4.78, 5) is 13.2. The van der Waals surface area contributed by atoms with Crippen molar-refractivity contribution in [2.45, 2.75) is 62.5 Å². The minimum atomic E-state index is 0.157. The summed E-state index contributed by atoms with van der Waals surface area (Å²) in [5.41, 5.74) is 7.50. The number of methoxy groups -OCH3 is 1. The number of carbonyl (C=O) groups is 1. The Labute approximate surface area is 189 Å². The van der Waals surface area contributed by atoms with Gasteiger partial charge in [0.15, 0.2) is 0 Å². The predicted octanol–water partition coefficient (Wildman–Crippen LogP) is 3.87. The Balaban J connectivity index is 1.25. The normalized spacial score (nSPS) is 37.8. The van der Waals surface area contributed by atoms with Crippen LogP contribution < -0.4 is 15.8 Å². The number of hydrogen-bond donors (Lipinski definition) is 2. The van der Waals surface area contributed by atoms with Crippen molar-refractivity contribution in [3.8, 4) is 5.75 Å². The van der Waals surface area contributed by atoms with E-state index in [1.54, 1.807) is 7.11 Å². The lowest BCUT2D eigenvalue weighted by molar-refractivity contribution is -0.142. The fourth-order valence-corrected chi connectivity index (χ4v) is 7.20. The molecular formula is C26H35FN2O3. The highest BCUT2D eigenvalue weighted by molar-refractivity contribution is 5.80. The topological polar surface area (TPSA) is 73.6 Å². The molecule has 3 N–H and O–H groups in total. The van der Waals surface area contributed by atoms with Gasteiger partial charge in [0.05, 0.1) is 12.4 Å². The van der Waals surface area contributed by atoms with Crippen LogP contribution in [0.2, 0.25) is 0 Å². The lowest BCUT2D eigenvalue weighted by Crippen LogP contribution is -2.58. The average Bonchev–Trinajstić information content (AvgIpc) is 2.76. The molecule has 2 unspecified atom stereocenters. The zero-order valence-electron chi connectivity index (χ0n) is 18.9. The van der Waals surface area contributed by atoms with Gasteiger partial charge in [0, 0.05) is 31.2 Å². The number of benzene rings is 1. The van der Waals surface area contributed by atoms with E-state index in [1.165, 1.54) is 24.8 Å². The smallest absolute Gasteiger partial charge is 0.223 e. The van der Waals surface area contributed by atoms with Gasteiger partial charge in [0.1, 0.15) is 12.4 Å². The van der Waals surface area contributed by atoms with Crippen molar-refractivity contribution in [1.29, 1.82) is 0 Å². The van der Waals surface area contributed by atoms with Gasteiger partial charge in [-0.2, -0.15) is 0 Å². The maximum absolute atomic E-state index is 13.2.